The van der Waals surface area contributed by atoms with E-state index >= 15 is 0 Å². The molecule has 0 saturated heterocycles. The smallest absolute Gasteiger partial charge is 0.253 e. The van der Waals surface area contributed by atoms with Crippen molar-refractivity contribution in [2.75, 3.05) is 5.43 Å². The van der Waals surface area contributed by atoms with Crippen LogP contribution in [0.3, 0.4) is 0 Å². The minimum absolute atomic E-state index is 0.191. The lowest BCUT2D eigenvalue weighted by Gasteiger charge is -2.10. The summed E-state index contributed by atoms with van der Waals surface area (Å²) in [5.74, 6) is 5.79. The number of aromatic nitrogens is 1. The fourth-order valence-electron chi connectivity index (χ4n) is 2.16. The molecule has 0 aliphatic carbocycles. The first-order valence-electron chi connectivity index (χ1n) is 6.43. The summed E-state index contributed by atoms with van der Waals surface area (Å²) in [7, 11) is 0. The number of hydrazine groups is 1. The highest BCUT2D eigenvalue weighted by atomic mass is 16.3. The Bertz CT molecular complexity index is 768. The predicted molar refractivity (Wildman–Crippen MR) is 79.4 cm³/mol. The summed E-state index contributed by atoms with van der Waals surface area (Å²) >= 11 is 0. The Morgan fingerprint density at radius 2 is 2.05 bits per heavy atom. The number of nitrogens with one attached hydrogen (secondary N) is 2. The number of nitrogens with two attached hydrogens (primary N) is 1. The largest absolute Gasteiger partial charge is 0.472 e. The van der Waals surface area contributed by atoms with Gasteiger partial charge in [-0.15, -0.1) is 0 Å². The van der Waals surface area contributed by atoms with Crippen molar-refractivity contribution in [2.45, 2.75) is 6.54 Å². The van der Waals surface area contributed by atoms with Gasteiger partial charge in [0, 0.05) is 23.7 Å². The molecule has 6 heteroatoms. The maximum atomic E-state index is 12.3. The third-order valence-electron chi connectivity index (χ3n) is 3.21. The first-order valence-corrected chi connectivity index (χ1v) is 6.43. The van der Waals surface area contributed by atoms with E-state index in [1.165, 1.54) is 6.20 Å². The Kier molecular flexibility index (Phi) is 3.53. The maximum Gasteiger partial charge on any atom is 0.253 e. The first-order chi connectivity index (χ1) is 10.3. The Hall–Kier alpha value is -2.86. The Morgan fingerprint density at radius 1 is 1.24 bits per heavy atom. The number of amides is 1. The number of benzene rings is 1. The molecule has 1 amide bonds. The molecule has 0 aliphatic heterocycles. The van der Waals surface area contributed by atoms with Gasteiger partial charge in [0.15, 0.2) is 0 Å². The highest BCUT2D eigenvalue weighted by Crippen LogP contribution is 2.23. The minimum Gasteiger partial charge on any atom is -0.472 e. The van der Waals surface area contributed by atoms with Crippen LogP contribution in [0.2, 0.25) is 0 Å². The molecule has 0 aliphatic rings. The van der Waals surface area contributed by atoms with Gasteiger partial charge in [-0.2, -0.15) is 0 Å². The van der Waals surface area contributed by atoms with Gasteiger partial charge in [0.1, 0.15) is 5.82 Å². The molecule has 21 heavy (non-hydrogen) atoms. The van der Waals surface area contributed by atoms with E-state index < -0.39 is 0 Å². The Morgan fingerprint density at radius 3 is 2.76 bits per heavy atom. The first kappa shape index (κ1) is 13.1. The van der Waals surface area contributed by atoms with Crippen LogP contribution < -0.4 is 16.6 Å². The molecule has 1 aromatic carbocycles. The molecule has 3 aromatic rings. The molecule has 3 rings (SSSR count). The van der Waals surface area contributed by atoms with Crippen LogP contribution in [0.1, 0.15) is 15.9 Å². The normalized spacial score (nSPS) is 10.5. The van der Waals surface area contributed by atoms with Crippen LogP contribution in [0.25, 0.3) is 10.8 Å². The lowest BCUT2D eigenvalue weighted by molar-refractivity contribution is 0.0952. The van der Waals surface area contributed by atoms with E-state index in [2.05, 4.69) is 15.7 Å². The summed E-state index contributed by atoms with van der Waals surface area (Å²) in [6.45, 7) is 0.403. The molecule has 0 radical (unpaired) electrons. The predicted octanol–water partition coefficient (Wildman–Crippen LogP) is 2.04. The summed E-state index contributed by atoms with van der Waals surface area (Å²) in [6.07, 6.45) is 4.68. The number of pyridine rings is 1. The molecule has 0 saturated carbocycles. The van der Waals surface area contributed by atoms with E-state index in [-0.39, 0.29) is 5.91 Å². The second-order valence-electron chi connectivity index (χ2n) is 4.52. The SMILES string of the molecule is NNc1ncc(C(=O)NCc2ccoc2)c2ccccc12. The van der Waals surface area contributed by atoms with Gasteiger partial charge in [0.05, 0.1) is 18.1 Å². The molecular weight excluding hydrogens is 268 g/mol. The van der Waals surface area contributed by atoms with Crippen LogP contribution in [0.15, 0.2) is 53.5 Å². The molecule has 2 heterocycles. The number of hydrogen-bond acceptors (Lipinski definition) is 5. The van der Waals surface area contributed by atoms with E-state index in [1.54, 1.807) is 18.6 Å². The zero-order valence-electron chi connectivity index (χ0n) is 11.2. The number of anilines is 1. The van der Waals surface area contributed by atoms with Crippen LogP contribution in [0.5, 0.6) is 0 Å². The minimum atomic E-state index is -0.191. The van der Waals surface area contributed by atoms with Gasteiger partial charge >= 0.3 is 0 Å². The Balaban J connectivity index is 1.91. The van der Waals surface area contributed by atoms with Gasteiger partial charge < -0.3 is 15.2 Å². The van der Waals surface area contributed by atoms with Crippen LogP contribution >= 0.6 is 0 Å². The summed E-state index contributed by atoms with van der Waals surface area (Å²) < 4.78 is 4.97. The molecule has 0 unspecified atom stereocenters. The molecule has 0 fully saturated rings. The van der Waals surface area contributed by atoms with E-state index in [4.69, 9.17) is 10.3 Å². The standard InChI is InChI=1S/C15H14N4O2/c16-19-14-12-4-2-1-3-11(12)13(8-17-14)15(20)18-7-10-5-6-21-9-10/h1-6,8-9H,7,16H2,(H,17,19)(H,18,20). The number of furan rings is 1. The molecular formula is C15H14N4O2. The lowest BCUT2D eigenvalue weighted by atomic mass is 10.1. The van der Waals surface area contributed by atoms with Gasteiger partial charge in [0.25, 0.3) is 5.91 Å². The number of hydrogen-bond donors (Lipinski definition) is 3. The van der Waals surface area contributed by atoms with E-state index in [9.17, 15) is 4.79 Å². The number of carbonyl (C=O) groups excluding carboxylic acids is 1. The van der Waals surface area contributed by atoms with E-state index in [0.29, 0.717) is 17.9 Å². The number of nitrogen functional groups attached to an aromatic ring is 1. The van der Waals surface area contributed by atoms with Gasteiger partial charge in [-0.05, 0) is 11.5 Å². The lowest BCUT2D eigenvalue weighted by Crippen LogP contribution is -2.23. The van der Waals surface area contributed by atoms with Crippen LogP contribution in [-0.4, -0.2) is 10.9 Å². The third kappa shape index (κ3) is 2.56. The van der Waals surface area contributed by atoms with Crippen LogP contribution in [0.4, 0.5) is 5.82 Å². The van der Waals surface area contributed by atoms with Crippen LogP contribution in [0, 0.1) is 0 Å². The van der Waals surface area contributed by atoms with E-state index in [1.807, 2.05) is 24.3 Å². The number of carbonyl (C=O) groups is 1. The summed E-state index contributed by atoms with van der Waals surface area (Å²) in [5.41, 5.74) is 3.95. The average molecular weight is 282 g/mol. The fraction of sp³-hybridized carbons (Fsp3) is 0.0667. The molecule has 2 aromatic heterocycles. The van der Waals surface area contributed by atoms with Crippen molar-refractivity contribution in [3.8, 4) is 0 Å². The number of fused-ring (bicyclic) bond motifs is 1. The van der Waals surface area contributed by atoms with Crippen molar-refractivity contribution in [1.82, 2.24) is 10.3 Å². The van der Waals surface area contributed by atoms with Crippen molar-refractivity contribution in [3.63, 3.8) is 0 Å². The van der Waals surface area contributed by atoms with Crippen molar-refractivity contribution in [2.24, 2.45) is 5.84 Å². The fourth-order valence-corrected chi connectivity index (χ4v) is 2.16. The van der Waals surface area contributed by atoms with Crippen molar-refractivity contribution >= 4 is 22.5 Å². The topological polar surface area (TPSA) is 93.2 Å². The van der Waals surface area contributed by atoms with Gasteiger partial charge in [-0.1, -0.05) is 24.3 Å². The second kappa shape index (κ2) is 5.64. The quantitative estimate of drug-likeness (QED) is 0.503. The highest BCUT2D eigenvalue weighted by molar-refractivity contribution is 6.09. The number of nitrogens with zero attached hydrogens (tertiary/aromatic N) is 1. The van der Waals surface area contributed by atoms with E-state index in [0.717, 1.165) is 16.3 Å². The molecule has 6 nitrogen and oxygen atoms in total. The highest BCUT2D eigenvalue weighted by Gasteiger charge is 2.13. The van der Waals surface area contributed by atoms with Crippen molar-refractivity contribution in [3.05, 3.63) is 60.2 Å². The van der Waals surface area contributed by atoms with Gasteiger partial charge in [0.2, 0.25) is 0 Å². The maximum absolute atomic E-state index is 12.3. The summed E-state index contributed by atoms with van der Waals surface area (Å²) in [4.78, 5) is 16.5. The Labute approximate surface area is 120 Å². The third-order valence-corrected chi connectivity index (χ3v) is 3.21. The summed E-state index contributed by atoms with van der Waals surface area (Å²) in [5, 5.41) is 4.44. The van der Waals surface area contributed by atoms with Gasteiger partial charge in [-0.3, -0.25) is 4.79 Å². The molecule has 0 spiro atoms. The second-order valence-corrected chi connectivity index (χ2v) is 4.52. The zero-order chi connectivity index (χ0) is 14.7. The van der Waals surface area contributed by atoms with Gasteiger partial charge in [-0.25, -0.2) is 10.8 Å². The van der Waals surface area contributed by atoms with Crippen LogP contribution in [-0.2, 0) is 6.54 Å². The summed E-state index contributed by atoms with van der Waals surface area (Å²) in [6, 6.07) is 9.28. The van der Waals surface area contributed by atoms with Crippen molar-refractivity contribution < 1.29 is 9.21 Å². The zero-order valence-corrected chi connectivity index (χ0v) is 11.2. The molecule has 106 valence electrons. The number of rotatable bonds is 4. The monoisotopic (exact) mass is 282 g/mol. The molecule has 0 bridgehead atoms. The molecule has 4 N–H and O–H groups in total. The molecule has 0 atom stereocenters. The van der Waals surface area contributed by atoms with Crippen molar-refractivity contribution in [1.29, 1.82) is 0 Å². The average Bonchev–Trinajstić information content (AvgIpc) is 3.05.